The van der Waals surface area contributed by atoms with Gasteiger partial charge in [0.15, 0.2) is 0 Å². The molecular formula is C17H29N3O. The van der Waals surface area contributed by atoms with Crippen LogP contribution in [0.2, 0.25) is 0 Å². The summed E-state index contributed by atoms with van der Waals surface area (Å²) in [5.41, 5.74) is 2.17. The normalized spacial score (nSPS) is 15.8. The smallest absolute Gasteiger partial charge is 0.127 e. The lowest BCUT2D eigenvalue weighted by Gasteiger charge is -2.17. The average molecular weight is 291 g/mol. The van der Waals surface area contributed by atoms with Crippen LogP contribution in [0.5, 0.6) is 5.75 Å². The van der Waals surface area contributed by atoms with E-state index in [-0.39, 0.29) is 0 Å². The Bertz CT molecular complexity index is 428. The van der Waals surface area contributed by atoms with Gasteiger partial charge in [-0.05, 0) is 45.3 Å². The Kier molecular flexibility index (Phi) is 6.46. The molecule has 2 heterocycles. The molecule has 1 aliphatic rings. The maximum atomic E-state index is 6.02. The predicted octanol–water partition coefficient (Wildman–Crippen LogP) is 2.61. The number of ether oxygens (including phenoxy) is 1. The van der Waals surface area contributed by atoms with Gasteiger partial charge in [0.05, 0.1) is 0 Å². The molecule has 0 aliphatic carbocycles. The van der Waals surface area contributed by atoms with Gasteiger partial charge in [0.25, 0.3) is 0 Å². The monoisotopic (exact) mass is 291 g/mol. The second-order valence-electron chi connectivity index (χ2n) is 6.36. The number of aromatic nitrogens is 1. The molecule has 0 spiro atoms. The van der Waals surface area contributed by atoms with Gasteiger partial charge in [0, 0.05) is 36.6 Å². The average Bonchev–Trinajstić information content (AvgIpc) is 2.94. The van der Waals surface area contributed by atoms with Crippen molar-refractivity contribution in [2.45, 2.75) is 40.2 Å². The molecule has 4 nitrogen and oxygen atoms in total. The number of hydrogen-bond donors (Lipinski definition) is 1. The standard InChI is InChI=1S/C17H29N3O/c1-14(2)11-18-12-16-13-19-15(3)10-17(16)21-9-8-20-6-4-5-7-20/h10,13-14,18H,4-9,11-12H2,1-3H3. The van der Waals surface area contributed by atoms with Crippen molar-refractivity contribution in [3.8, 4) is 5.75 Å². The summed E-state index contributed by atoms with van der Waals surface area (Å²) >= 11 is 0. The van der Waals surface area contributed by atoms with E-state index in [9.17, 15) is 0 Å². The van der Waals surface area contributed by atoms with Crippen molar-refractivity contribution in [1.29, 1.82) is 0 Å². The fourth-order valence-corrected chi connectivity index (χ4v) is 2.62. The Labute approximate surface area is 128 Å². The van der Waals surface area contributed by atoms with Gasteiger partial charge < -0.3 is 10.1 Å². The fourth-order valence-electron chi connectivity index (χ4n) is 2.62. The van der Waals surface area contributed by atoms with Gasteiger partial charge in [-0.2, -0.15) is 0 Å². The number of nitrogens with zero attached hydrogens (tertiary/aromatic N) is 2. The van der Waals surface area contributed by atoms with Crippen molar-refractivity contribution >= 4 is 0 Å². The largest absolute Gasteiger partial charge is 0.492 e. The minimum absolute atomic E-state index is 0.656. The van der Waals surface area contributed by atoms with Crippen LogP contribution in [0.1, 0.15) is 37.9 Å². The third-order valence-corrected chi connectivity index (χ3v) is 3.81. The highest BCUT2D eigenvalue weighted by atomic mass is 16.5. The number of nitrogens with one attached hydrogen (secondary N) is 1. The predicted molar refractivity (Wildman–Crippen MR) is 86.7 cm³/mol. The summed E-state index contributed by atoms with van der Waals surface area (Å²) in [6, 6.07) is 2.05. The molecule has 1 aromatic heterocycles. The van der Waals surface area contributed by atoms with E-state index in [2.05, 4.69) is 35.1 Å². The van der Waals surface area contributed by atoms with Gasteiger partial charge >= 0.3 is 0 Å². The molecule has 1 aliphatic heterocycles. The highest BCUT2D eigenvalue weighted by Gasteiger charge is 2.12. The molecule has 0 atom stereocenters. The minimum atomic E-state index is 0.656. The van der Waals surface area contributed by atoms with E-state index in [1.54, 1.807) is 0 Å². The van der Waals surface area contributed by atoms with Crippen LogP contribution in [-0.2, 0) is 6.54 Å². The van der Waals surface area contributed by atoms with E-state index in [0.29, 0.717) is 5.92 Å². The van der Waals surface area contributed by atoms with E-state index in [4.69, 9.17) is 4.74 Å². The summed E-state index contributed by atoms with van der Waals surface area (Å²) in [5.74, 6) is 1.64. The molecule has 4 heteroatoms. The van der Waals surface area contributed by atoms with Crippen molar-refractivity contribution in [3.63, 3.8) is 0 Å². The summed E-state index contributed by atoms with van der Waals surface area (Å²) < 4.78 is 6.02. The molecule has 118 valence electrons. The lowest BCUT2D eigenvalue weighted by atomic mass is 10.2. The van der Waals surface area contributed by atoms with Gasteiger partial charge in [-0.1, -0.05) is 13.8 Å². The Morgan fingerprint density at radius 2 is 2.10 bits per heavy atom. The molecule has 0 amide bonds. The zero-order valence-electron chi connectivity index (χ0n) is 13.7. The van der Waals surface area contributed by atoms with Crippen LogP contribution < -0.4 is 10.1 Å². The van der Waals surface area contributed by atoms with Gasteiger partial charge in [-0.25, -0.2) is 0 Å². The SMILES string of the molecule is Cc1cc(OCCN2CCCC2)c(CNCC(C)C)cn1. The molecule has 1 saturated heterocycles. The Hall–Kier alpha value is -1.13. The summed E-state index contributed by atoms with van der Waals surface area (Å²) in [7, 11) is 0. The van der Waals surface area contributed by atoms with Crippen LogP contribution in [0.25, 0.3) is 0 Å². The van der Waals surface area contributed by atoms with Crippen molar-refractivity contribution in [1.82, 2.24) is 15.2 Å². The first-order chi connectivity index (χ1) is 10.1. The van der Waals surface area contributed by atoms with Gasteiger partial charge in [0.2, 0.25) is 0 Å². The van der Waals surface area contributed by atoms with E-state index in [1.807, 2.05) is 13.1 Å². The molecule has 0 bridgehead atoms. The Balaban J connectivity index is 1.84. The van der Waals surface area contributed by atoms with E-state index >= 15 is 0 Å². The minimum Gasteiger partial charge on any atom is -0.492 e. The summed E-state index contributed by atoms with van der Waals surface area (Å²) in [5, 5.41) is 3.46. The third kappa shape index (κ3) is 5.64. The molecular weight excluding hydrogens is 262 g/mol. The molecule has 1 aromatic rings. The van der Waals surface area contributed by atoms with Crippen LogP contribution in [0.4, 0.5) is 0 Å². The molecule has 0 saturated carbocycles. The van der Waals surface area contributed by atoms with E-state index < -0.39 is 0 Å². The fraction of sp³-hybridized carbons (Fsp3) is 0.706. The van der Waals surface area contributed by atoms with Crippen LogP contribution >= 0.6 is 0 Å². The lowest BCUT2D eigenvalue weighted by molar-refractivity contribution is 0.235. The first-order valence-electron chi connectivity index (χ1n) is 8.16. The number of pyridine rings is 1. The van der Waals surface area contributed by atoms with Gasteiger partial charge in [-0.3, -0.25) is 9.88 Å². The zero-order valence-corrected chi connectivity index (χ0v) is 13.7. The molecule has 0 aromatic carbocycles. The summed E-state index contributed by atoms with van der Waals surface area (Å²) in [6.07, 6.45) is 4.60. The van der Waals surface area contributed by atoms with Gasteiger partial charge in [-0.15, -0.1) is 0 Å². The first-order valence-corrected chi connectivity index (χ1v) is 8.16. The van der Waals surface area contributed by atoms with Crippen molar-refractivity contribution in [2.75, 3.05) is 32.8 Å². The second-order valence-corrected chi connectivity index (χ2v) is 6.36. The number of likely N-dealkylation sites (tertiary alicyclic amines) is 1. The van der Waals surface area contributed by atoms with Crippen LogP contribution in [0.15, 0.2) is 12.3 Å². The van der Waals surface area contributed by atoms with Crippen molar-refractivity contribution in [3.05, 3.63) is 23.5 Å². The quantitative estimate of drug-likeness (QED) is 0.799. The molecule has 0 unspecified atom stereocenters. The molecule has 1 N–H and O–H groups in total. The van der Waals surface area contributed by atoms with E-state index in [1.165, 1.54) is 25.9 Å². The zero-order chi connectivity index (χ0) is 15.1. The highest BCUT2D eigenvalue weighted by Crippen LogP contribution is 2.19. The van der Waals surface area contributed by atoms with Crippen LogP contribution in [0.3, 0.4) is 0 Å². The summed E-state index contributed by atoms with van der Waals surface area (Å²) in [6.45, 7) is 12.5. The van der Waals surface area contributed by atoms with Crippen molar-refractivity contribution < 1.29 is 4.74 Å². The number of hydrogen-bond acceptors (Lipinski definition) is 4. The lowest BCUT2D eigenvalue weighted by Crippen LogP contribution is -2.25. The Morgan fingerprint density at radius 3 is 2.81 bits per heavy atom. The van der Waals surface area contributed by atoms with E-state index in [0.717, 1.165) is 43.2 Å². The second kappa shape index (κ2) is 8.35. The topological polar surface area (TPSA) is 37.4 Å². The maximum Gasteiger partial charge on any atom is 0.127 e. The van der Waals surface area contributed by atoms with Gasteiger partial charge in [0.1, 0.15) is 12.4 Å². The van der Waals surface area contributed by atoms with Crippen LogP contribution in [-0.4, -0.2) is 42.7 Å². The molecule has 0 radical (unpaired) electrons. The third-order valence-electron chi connectivity index (χ3n) is 3.81. The van der Waals surface area contributed by atoms with Crippen molar-refractivity contribution in [2.24, 2.45) is 5.92 Å². The van der Waals surface area contributed by atoms with Crippen LogP contribution in [0, 0.1) is 12.8 Å². The summed E-state index contributed by atoms with van der Waals surface area (Å²) in [4.78, 5) is 6.87. The maximum absolute atomic E-state index is 6.02. The molecule has 2 rings (SSSR count). The first kappa shape index (κ1) is 16.2. The molecule has 21 heavy (non-hydrogen) atoms. The molecule has 1 fully saturated rings. The number of aryl methyl sites for hydroxylation is 1. The Morgan fingerprint density at radius 1 is 1.33 bits per heavy atom. The number of rotatable bonds is 8. The highest BCUT2D eigenvalue weighted by molar-refractivity contribution is 5.32.